The van der Waals surface area contributed by atoms with E-state index in [4.69, 9.17) is 9.47 Å². The number of non-ortho nitro benzene ring substituents is 1. The van der Waals surface area contributed by atoms with Crippen LogP contribution in [0.25, 0.3) is 5.69 Å². The molecule has 1 spiro atoms. The van der Waals surface area contributed by atoms with Crippen molar-refractivity contribution in [2.45, 2.75) is 63.2 Å². The number of pyridine rings is 1. The summed E-state index contributed by atoms with van der Waals surface area (Å²) in [6, 6.07) is 14.9. The van der Waals surface area contributed by atoms with Gasteiger partial charge in [-0.2, -0.15) is 0 Å². The lowest BCUT2D eigenvalue weighted by atomic mass is 9.82. The second kappa shape index (κ2) is 12.7. The highest BCUT2D eigenvalue weighted by atomic mass is 28.4. The maximum absolute atomic E-state index is 14.8. The molecule has 4 aromatic rings. The number of nitrogens with zero attached hydrogens (tertiary/aromatic N) is 6. The van der Waals surface area contributed by atoms with E-state index in [0.29, 0.717) is 42.0 Å². The molecule has 14 nitrogen and oxygen atoms in total. The van der Waals surface area contributed by atoms with E-state index < -0.39 is 36.4 Å². The van der Waals surface area contributed by atoms with Gasteiger partial charge in [-0.15, -0.1) is 5.10 Å². The molecule has 48 heavy (non-hydrogen) atoms. The zero-order chi connectivity index (χ0) is 34.4. The van der Waals surface area contributed by atoms with Crippen molar-refractivity contribution in [1.29, 1.82) is 0 Å². The molecule has 4 heterocycles. The summed E-state index contributed by atoms with van der Waals surface area (Å²) in [6.45, 7) is 5.96. The Labute approximate surface area is 277 Å². The lowest BCUT2D eigenvalue weighted by molar-refractivity contribution is -0.385. The van der Waals surface area contributed by atoms with Crippen molar-refractivity contribution in [2.75, 3.05) is 18.6 Å². The minimum absolute atomic E-state index is 0.0508. The fourth-order valence-corrected chi connectivity index (χ4v) is 9.97. The minimum atomic E-state index is -2.98. The summed E-state index contributed by atoms with van der Waals surface area (Å²) in [5.74, 6) is -0.697. The molecule has 0 unspecified atom stereocenters. The molecule has 1 saturated heterocycles. The Kier molecular flexibility index (Phi) is 8.80. The summed E-state index contributed by atoms with van der Waals surface area (Å²) >= 11 is 0. The molecule has 2 aliphatic rings. The summed E-state index contributed by atoms with van der Waals surface area (Å²) in [4.78, 5) is 52.3. The first-order valence-electron chi connectivity index (χ1n) is 15.7. The summed E-state index contributed by atoms with van der Waals surface area (Å²) in [5.41, 5.74) is 0.362. The highest BCUT2D eigenvalue weighted by Gasteiger charge is 2.66. The lowest BCUT2D eigenvalue weighted by Crippen LogP contribution is -2.46. The Morgan fingerprint density at radius 3 is 2.65 bits per heavy atom. The number of aliphatic hydroxyl groups excluding tert-OH is 1. The summed E-state index contributed by atoms with van der Waals surface area (Å²) < 4.78 is 15.1. The lowest BCUT2D eigenvalue weighted by Gasteiger charge is -2.32. The quantitative estimate of drug-likeness (QED) is 0.136. The van der Waals surface area contributed by atoms with Crippen LogP contribution in [0.3, 0.4) is 0 Å². The van der Waals surface area contributed by atoms with Crippen molar-refractivity contribution >= 4 is 25.6 Å². The second-order valence-electron chi connectivity index (χ2n) is 12.9. The van der Waals surface area contributed by atoms with Crippen LogP contribution in [0.1, 0.15) is 30.2 Å². The largest absolute Gasteiger partial charge is 0.491 e. The first kappa shape index (κ1) is 33.2. The Morgan fingerprint density at radius 1 is 1.15 bits per heavy atom. The van der Waals surface area contributed by atoms with Crippen LogP contribution in [0.15, 0.2) is 71.8 Å². The number of benzene rings is 2. The van der Waals surface area contributed by atoms with E-state index in [-0.39, 0.29) is 36.1 Å². The Hall–Kier alpha value is -4.70. The molecule has 15 heteroatoms. The zero-order valence-electron chi connectivity index (χ0n) is 27.1. The van der Waals surface area contributed by atoms with E-state index in [0.717, 1.165) is 5.56 Å². The number of hydrogen-bond donors (Lipinski definition) is 2. The van der Waals surface area contributed by atoms with E-state index in [1.54, 1.807) is 52.3 Å². The first-order chi connectivity index (χ1) is 22.9. The van der Waals surface area contributed by atoms with Gasteiger partial charge in [0.15, 0.2) is 19.7 Å². The zero-order valence-corrected chi connectivity index (χ0v) is 28.1. The van der Waals surface area contributed by atoms with Crippen LogP contribution >= 0.6 is 0 Å². The molecule has 2 aliphatic heterocycles. The number of ether oxygens (including phenoxy) is 2. The molecule has 2 aromatic carbocycles. The van der Waals surface area contributed by atoms with Gasteiger partial charge in [-0.3, -0.25) is 29.0 Å². The van der Waals surface area contributed by atoms with Gasteiger partial charge in [0.05, 0.1) is 36.1 Å². The van der Waals surface area contributed by atoms with Gasteiger partial charge in [0.25, 0.3) is 17.2 Å². The third-order valence-electron chi connectivity index (χ3n) is 9.44. The number of aliphatic hydroxyl groups is 1. The smallest absolute Gasteiger partial charge is 0.297 e. The molecular formula is C33H38N6O8Si. The number of amides is 1. The van der Waals surface area contributed by atoms with E-state index in [9.17, 15) is 29.6 Å². The van der Waals surface area contributed by atoms with Crippen molar-refractivity contribution in [3.05, 3.63) is 104 Å². The van der Waals surface area contributed by atoms with Gasteiger partial charge in [0, 0.05) is 66.8 Å². The molecule has 1 fully saturated rings. The van der Waals surface area contributed by atoms with Crippen molar-refractivity contribution in [1.82, 2.24) is 19.6 Å². The Bertz CT molecular complexity index is 1920. The summed E-state index contributed by atoms with van der Waals surface area (Å²) in [6.07, 6.45) is 3.60. The number of rotatable bonds is 11. The van der Waals surface area contributed by atoms with Crippen LogP contribution < -0.4 is 15.2 Å². The molecule has 0 saturated carbocycles. The van der Waals surface area contributed by atoms with E-state index in [1.165, 1.54) is 23.8 Å². The fraction of sp³-hybridized carbons (Fsp3) is 0.394. The SMILES string of the molecule is COc1cccn(-c2cccc(CN3C(=O)[C@@]4(O[C@@H](CCn5cc(CCO)nn5)[C@H]([Si](C)(C)O)[C@H]4C)c4cc([N+](=O)[O-])ccc43)c2)c1=O. The normalized spacial score (nSPS) is 22.0. The Morgan fingerprint density at radius 2 is 1.94 bits per heavy atom. The molecule has 6 rings (SSSR count). The van der Waals surface area contributed by atoms with Crippen molar-refractivity contribution in [3.8, 4) is 11.4 Å². The van der Waals surface area contributed by atoms with E-state index in [1.807, 2.05) is 32.2 Å². The number of anilines is 1. The number of fused-ring (bicyclic) bond motifs is 2. The van der Waals surface area contributed by atoms with Crippen molar-refractivity contribution in [3.63, 3.8) is 0 Å². The number of nitro groups is 1. The van der Waals surface area contributed by atoms with E-state index >= 15 is 0 Å². The van der Waals surface area contributed by atoms with Gasteiger partial charge in [0.2, 0.25) is 0 Å². The first-order valence-corrected chi connectivity index (χ1v) is 18.8. The maximum Gasteiger partial charge on any atom is 0.297 e. The number of hydrogen-bond acceptors (Lipinski definition) is 10. The van der Waals surface area contributed by atoms with Crippen molar-refractivity contribution < 1.29 is 29.1 Å². The molecule has 4 atom stereocenters. The summed E-state index contributed by atoms with van der Waals surface area (Å²) in [5, 5.41) is 29.4. The standard InChI is InChI=1S/C33H38N6O8Si/c1-21-30(48(3,4)45)28(12-15-36-20-23(13-16-40)34-35-36)47-33(21)26-18-25(39(43)44)10-11-27(26)38(32(33)42)19-22-7-5-8-24(17-22)37-14-6-9-29(46-2)31(37)41/h5-11,14,17-18,20-21,28,30,40,45H,12-13,15-16,19H2,1-4H3/t21-,28+,30-,33+/m1/s1. The summed E-state index contributed by atoms with van der Waals surface area (Å²) in [7, 11) is -1.55. The van der Waals surface area contributed by atoms with Crippen LogP contribution in [-0.4, -0.2) is 68.4 Å². The van der Waals surface area contributed by atoms with Gasteiger partial charge >= 0.3 is 0 Å². The van der Waals surface area contributed by atoms with Crippen LogP contribution in [0.4, 0.5) is 11.4 Å². The minimum Gasteiger partial charge on any atom is -0.491 e. The maximum atomic E-state index is 14.8. The van der Waals surface area contributed by atoms with Crippen LogP contribution in [-0.2, 0) is 34.6 Å². The number of aryl methyl sites for hydroxylation is 1. The van der Waals surface area contributed by atoms with Gasteiger partial charge in [-0.05, 0) is 55.4 Å². The second-order valence-corrected chi connectivity index (χ2v) is 16.8. The van der Waals surface area contributed by atoms with Crippen LogP contribution in [0, 0.1) is 16.0 Å². The van der Waals surface area contributed by atoms with Crippen LogP contribution in [0.5, 0.6) is 5.75 Å². The van der Waals surface area contributed by atoms with Gasteiger partial charge in [0.1, 0.15) is 0 Å². The molecule has 0 radical (unpaired) electrons. The molecule has 0 aliphatic carbocycles. The third kappa shape index (κ3) is 5.72. The van der Waals surface area contributed by atoms with Gasteiger partial charge in [-0.25, -0.2) is 0 Å². The van der Waals surface area contributed by atoms with E-state index in [2.05, 4.69) is 10.3 Å². The number of aromatic nitrogens is 4. The van der Waals surface area contributed by atoms with Gasteiger partial charge < -0.3 is 24.3 Å². The topological polar surface area (TPSA) is 175 Å². The molecule has 252 valence electrons. The molecule has 0 bridgehead atoms. The molecular weight excluding hydrogens is 636 g/mol. The van der Waals surface area contributed by atoms with Crippen molar-refractivity contribution in [2.24, 2.45) is 5.92 Å². The third-order valence-corrected chi connectivity index (χ3v) is 11.9. The molecule has 2 aromatic heterocycles. The highest BCUT2D eigenvalue weighted by Crippen LogP contribution is 2.60. The number of carbonyl (C=O) groups is 1. The highest BCUT2D eigenvalue weighted by molar-refractivity contribution is 6.71. The predicted molar refractivity (Wildman–Crippen MR) is 177 cm³/mol. The molecule has 1 amide bonds. The fourth-order valence-electron chi connectivity index (χ4n) is 7.36. The predicted octanol–water partition coefficient (Wildman–Crippen LogP) is 3.32. The monoisotopic (exact) mass is 674 g/mol. The van der Waals surface area contributed by atoms with Gasteiger partial charge in [-0.1, -0.05) is 24.3 Å². The number of carbonyl (C=O) groups excluding carboxylic acids is 1. The average molecular weight is 675 g/mol. The molecule has 2 N–H and O–H groups in total. The number of nitro benzene ring substituents is 1. The number of methoxy groups -OCH3 is 1. The Balaban J connectivity index is 1.38. The average Bonchev–Trinajstić information content (AvgIpc) is 3.70. The van der Waals surface area contributed by atoms with Crippen LogP contribution in [0.2, 0.25) is 18.6 Å².